The molecule has 0 radical (unpaired) electrons. The minimum atomic E-state index is 0.199. The summed E-state index contributed by atoms with van der Waals surface area (Å²) >= 11 is 8.10. The summed E-state index contributed by atoms with van der Waals surface area (Å²) in [5.74, 6) is 0. The van der Waals surface area contributed by atoms with Gasteiger partial charge in [-0.25, -0.2) is 0 Å². The lowest BCUT2D eigenvalue weighted by molar-refractivity contribution is 0.595. The fourth-order valence-electron chi connectivity index (χ4n) is 2.44. The number of benzene rings is 1. The van der Waals surface area contributed by atoms with E-state index in [1.165, 1.54) is 10.3 Å². The predicted octanol–water partition coefficient (Wildman–Crippen LogP) is 4.76. The molecule has 1 atom stereocenters. The summed E-state index contributed by atoms with van der Waals surface area (Å²) in [5, 5.41) is 7.51. The van der Waals surface area contributed by atoms with Crippen LogP contribution in [-0.4, -0.2) is 12.0 Å². The molecule has 0 spiro atoms. The zero-order valence-electron chi connectivity index (χ0n) is 12.1. The molecular weight excluding hydrogens is 300 g/mol. The SMILES string of the molecule is CNC(Cc1ccc2ccccc2n1)c1scc(C)c1Cl. The average molecular weight is 317 g/mol. The highest BCUT2D eigenvalue weighted by atomic mass is 35.5. The molecule has 1 N–H and O–H groups in total. The van der Waals surface area contributed by atoms with Gasteiger partial charge >= 0.3 is 0 Å². The second-order valence-electron chi connectivity index (χ2n) is 5.14. The number of fused-ring (bicyclic) bond motifs is 1. The second-order valence-corrected chi connectivity index (χ2v) is 6.43. The van der Waals surface area contributed by atoms with Gasteiger partial charge in [-0.2, -0.15) is 0 Å². The molecule has 3 aromatic rings. The van der Waals surface area contributed by atoms with Gasteiger partial charge in [0.1, 0.15) is 0 Å². The monoisotopic (exact) mass is 316 g/mol. The highest BCUT2D eigenvalue weighted by molar-refractivity contribution is 7.10. The number of nitrogens with zero attached hydrogens (tertiary/aromatic N) is 1. The van der Waals surface area contributed by atoms with Crippen LogP contribution in [0.5, 0.6) is 0 Å². The van der Waals surface area contributed by atoms with Gasteiger partial charge in [0.05, 0.1) is 10.5 Å². The molecule has 4 heteroatoms. The zero-order valence-corrected chi connectivity index (χ0v) is 13.6. The maximum Gasteiger partial charge on any atom is 0.0705 e. The van der Waals surface area contributed by atoms with Crippen LogP contribution in [0.3, 0.4) is 0 Å². The number of aromatic nitrogens is 1. The Hall–Kier alpha value is -1.42. The molecule has 0 saturated heterocycles. The van der Waals surface area contributed by atoms with Gasteiger partial charge in [-0.15, -0.1) is 11.3 Å². The summed E-state index contributed by atoms with van der Waals surface area (Å²) in [4.78, 5) is 5.93. The molecule has 2 aromatic heterocycles. The summed E-state index contributed by atoms with van der Waals surface area (Å²) < 4.78 is 0. The number of pyridine rings is 1. The highest BCUT2D eigenvalue weighted by Crippen LogP contribution is 2.33. The van der Waals surface area contributed by atoms with Crippen molar-refractivity contribution >= 4 is 33.8 Å². The first-order valence-electron chi connectivity index (χ1n) is 6.94. The van der Waals surface area contributed by atoms with Gasteiger partial charge in [0.15, 0.2) is 0 Å². The van der Waals surface area contributed by atoms with Crippen molar-refractivity contribution in [3.05, 3.63) is 62.9 Å². The van der Waals surface area contributed by atoms with Crippen molar-refractivity contribution in [2.24, 2.45) is 0 Å². The Morgan fingerprint density at radius 2 is 2.05 bits per heavy atom. The van der Waals surface area contributed by atoms with Crippen molar-refractivity contribution in [3.63, 3.8) is 0 Å². The van der Waals surface area contributed by atoms with E-state index >= 15 is 0 Å². The summed E-state index contributed by atoms with van der Waals surface area (Å²) in [6, 6.07) is 12.6. The number of rotatable bonds is 4. The fraction of sp³-hybridized carbons (Fsp3) is 0.235. The van der Waals surface area contributed by atoms with Gasteiger partial charge in [-0.05, 0) is 37.0 Å². The standard InChI is InChI=1S/C17H17ClN2S/c1-11-10-21-17(16(11)18)15(19-2)9-13-8-7-12-5-3-4-6-14(12)20-13/h3-8,10,15,19H,9H2,1-2H3. The first-order chi connectivity index (χ1) is 10.2. The van der Waals surface area contributed by atoms with Gasteiger partial charge in [0, 0.05) is 28.4 Å². The van der Waals surface area contributed by atoms with Gasteiger partial charge in [-0.3, -0.25) is 4.98 Å². The van der Waals surface area contributed by atoms with Gasteiger partial charge in [0.2, 0.25) is 0 Å². The van der Waals surface area contributed by atoms with Crippen LogP contribution in [0.25, 0.3) is 10.9 Å². The Balaban J connectivity index is 1.90. The van der Waals surface area contributed by atoms with Crippen LogP contribution in [0.1, 0.15) is 22.2 Å². The summed E-state index contributed by atoms with van der Waals surface area (Å²) in [7, 11) is 1.97. The summed E-state index contributed by atoms with van der Waals surface area (Å²) in [5.41, 5.74) is 3.26. The number of para-hydroxylation sites is 1. The third-order valence-corrected chi connectivity index (χ3v) is 5.49. The fourth-order valence-corrected chi connectivity index (χ4v) is 3.88. The van der Waals surface area contributed by atoms with Crippen LogP contribution in [0.4, 0.5) is 0 Å². The van der Waals surface area contributed by atoms with Gasteiger partial charge in [0.25, 0.3) is 0 Å². The molecule has 108 valence electrons. The molecule has 1 aromatic carbocycles. The van der Waals surface area contributed by atoms with E-state index in [1.807, 2.05) is 26.1 Å². The van der Waals surface area contributed by atoms with Crippen LogP contribution in [0.2, 0.25) is 5.02 Å². The molecule has 0 bridgehead atoms. The number of nitrogens with one attached hydrogen (secondary N) is 1. The largest absolute Gasteiger partial charge is 0.312 e. The molecule has 0 saturated carbocycles. The average Bonchev–Trinajstić information content (AvgIpc) is 2.84. The van der Waals surface area contributed by atoms with Crippen LogP contribution in [0.15, 0.2) is 41.8 Å². The Morgan fingerprint density at radius 3 is 2.76 bits per heavy atom. The topological polar surface area (TPSA) is 24.9 Å². The number of aryl methyl sites for hydroxylation is 1. The van der Waals surface area contributed by atoms with Crippen LogP contribution >= 0.6 is 22.9 Å². The lowest BCUT2D eigenvalue weighted by Crippen LogP contribution is -2.18. The lowest BCUT2D eigenvalue weighted by atomic mass is 10.1. The maximum atomic E-state index is 6.39. The molecule has 0 aliphatic rings. The normalized spacial score (nSPS) is 12.7. The summed E-state index contributed by atoms with van der Waals surface area (Å²) in [6.45, 7) is 2.04. The number of likely N-dealkylation sites (N-methyl/N-ethyl adjacent to an activating group) is 1. The molecule has 0 amide bonds. The molecular formula is C17H17ClN2S. The van der Waals surface area contributed by atoms with E-state index in [0.717, 1.165) is 28.2 Å². The van der Waals surface area contributed by atoms with E-state index in [-0.39, 0.29) is 6.04 Å². The number of hydrogen-bond acceptors (Lipinski definition) is 3. The van der Waals surface area contributed by atoms with Crippen molar-refractivity contribution in [3.8, 4) is 0 Å². The van der Waals surface area contributed by atoms with Gasteiger partial charge < -0.3 is 5.32 Å². The Bertz CT molecular complexity index is 766. The van der Waals surface area contributed by atoms with Crippen LogP contribution in [-0.2, 0) is 6.42 Å². The Morgan fingerprint density at radius 1 is 1.24 bits per heavy atom. The second kappa shape index (κ2) is 6.14. The van der Waals surface area contributed by atoms with E-state index in [2.05, 4.69) is 35.0 Å². The molecule has 0 fully saturated rings. The third kappa shape index (κ3) is 2.95. The highest BCUT2D eigenvalue weighted by Gasteiger charge is 2.17. The van der Waals surface area contributed by atoms with Crippen LogP contribution < -0.4 is 5.32 Å². The summed E-state index contributed by atoms with van der Waals surface area (Å²) in [6.07, 6.45) is 0.834. The van der Waals surface area contributed by atoms with E-state index < -0.39 is 0 Å². The number of thiophene rings is 1. The van der Waals surface area contributed by atoms with Crippen molar-refractivity contribution in [2.75, 3.05) is 7.05 Å². The van der Waals surface area contributed by atoms with E-state index in [9.17, 15) is 0 Å². The quantitative estimate of drug-likeness (QED) is 0.750. The first kappa shape index (κ1) is 14.5. The third-order valence-electron chi connectivity index (χ3n) is 3.66. The molecule has 3 rings (SSSR count). The molecule has 2 nitrogen and oxygen atoms in total. The van der Waals surface area contributed by atoms with E-state index in [4.69, 9.17) is 16.6 Å². The molecule has 0 aliphatic heterocycles. The van der Waals surface area contributed by atoms with E-state index in [0.29, 0.717) is 0 Å². The van der Waals surface area contributed by atoms with Crippen molar-refractivity contribution in [2.45, 2.75) is 19.4 Å². The first-order valence-corrected chi connectivity index (χ1v) is 8.20. The molecule has 0 aliphatic carbocycles. The van der Waals surface area contributed by atoms with Crippen molar-refractivity contribution in [1.29, 1.82) is 0 Å². The maximum absolute atomic E-state index is 6.39. The molecule has 1 unspecified atom stereocenters. The lowest BCUT2D eigenvalue weighted by Gasteiger charge is -2.15. The molecule has 2 heterocycles. The minimum absolute atomic E-state index is 0.199. The predicted molar refractivity (Wildman–Crippen MR) is 91.3 cm³/mol. The van der Waals surface area contributed by atoms with E-state index in [1.54, 1.807) is 11.3 Å². The minimum Gasteiger partial charge on any atom is -0.312 e. The smallest absolute Gasteiger partial charge is 0.0705 e. The number of halogens is 1. The van der Waals surface area contributed by atoms with Crippen molar-refractivity contribution < 1.29 is 0 Å². The Labute approximate surface area is 133 Å². The molecule has 21 heavy (non-hydrogen) atoms. The number of hydrogen-bond donors (Lipinski definition) is 1. The Kier molecular flexibility index (Phi) is 4.24. The van der Waals surface area contributed by atoms with Crippen molar-refractivity contribution in [1.82, 2.24) is 10.3 Å². The van der Waals surface area contributed by atoms with Gasteiger partial charge in [-0.1, -0.05) is 35.9 Å². The zero-order chi connectivity index (χ0) is 14.8. The van der Waals surface area contributed by atoms with Crippen LogP contribution in [0, 0.1) is 6.92 Å².